The number of anilines is 2. The molecule has 158 valence electrons. The highest BCUT2D eigenvalue weighted by molar-refractivity contribution is 14.1. The third-order valence-corrected chi connectivity index (χ3v) is 5.78. The van der Waals surface area contributed by atoms with Crippen LogP contribution in [-0.2, 0) is 4.74 Å². The average molecular weight is 520 g/mol. The van der Waals surface area contributed by atoms with Crippen LogP contribution in [0.5, 0.6) is 0 Å². The fourth-order valence-corrected chi connectivity index (χ4v) is 4.09. The zero-order chi connectivity index (χ0) is 21.3. The number of nitrogens with zero attached hydrogens (tertiary/aromatic N) is 5. The van der Waals surface area contributed by atoms with E-state index in [1.165, 1.54) is 0 Å². The molecule has 0 saturated carbocycles. The standard InChI is InChI=1S/C21H25IN6O2/c1-21(2,3)30-20(29)27-9-7-16(8-10-27)28-13-15(12-24-28)25-19-23-11-14-5-4-6-17(22)18(14)26-19/h4-6,11-13,16H,7-10H2,1-3H3,(H,23,25,26). The van der Waals surface area contributed by atoms with Gasteiger partial charge in [-0.15, -0.1) is 0 Å². The second kappa shape index (κ2) is 8.37. The normalized spacial score (nSPS) is 15.4. The Morgan fingerprint density at radius 2 is 2.00 bits per heavy atom. The molecular formula is C21H25IN6O2. The molecule has 1 fully saturated rings. The first-order valence-electron chi connectivity index (χ1n) is 9.99. The summed E-state index contributed by atoms with van der Waals surface area (Å²) in [7, 11) is 0. The molecule has 0 radical (unpaired) electrons. The predicted molar refractivity (Wildman–Crippen MR) is 124 cm³/mol. The van der Waals surface area contributed by atoms with Crippen molar-refractivity contribution in [1.29, 1.82) is 0 Å². The van der Waals surface area contributed by atoms with Crippen LogP contribution in [0.25, 0.3) is 10.9 Å². The molecule has 1 saturated heterocycles. The predicted octanol–water partition coefficient (Wildman–Crippen LogP) is 4.75. The molecule has 30 heavy (non-hydrogen) atoms. The summed E-state index contributed by atoms with van der Waals surface area (Å²) >= 11 is 2.28. The van der Waals surface area contributed by atoms with Crippen LogP contribution in [0.4, 0.5) is 16.4 Å². The zero-order valence-corrected chi connectivity index (χ0v) is 19.5. The summed E-state index contributed by atoms with van der Waals surface area (Å²) in [6.07, 6.45) is 7.01. The lowest BCUT2D eigenvalue weighted by Gasteiger charge is -2.33. The molecule has 0 unspecified atom stereocenters. The summed E-state index contributed by atoms with van der Waals surface area (Å²) in [6.45, 7) is 6.98. The van der Waals surface area contributed by atoms with E-state index in [1.54, 1.807) is 11.1 Å². The van der Waals surface area contributed by atoms with Gasteiger partial charge in [0.2, 0.25) is 5.95 Å². The number of aromatic nitrogens is 4. The molecule has 3 aromatic rings. The molecule has 0 spiro atoms. The van der Waals surface area contributed by atoms with Gasteiger partial charge in [-0.1, -0.05) is 12.1 Å². The Kier molecular flexibility index (Phi) is 5.81. The maximum Gasteiger partial charge on any atom is 0.410 e. The summed E-state index contributed by atoms with van der Waals surface area (Å²) in [6, 6.07) is 6.28. The maximum absolute atomic E-state index is 12.2. The quantitative estimate of drug-likeness (QED) is 0.502. The van der Waals surface area contributed by atoms with Gasteiger partial charge in [0.1, 0.15) is 5.60 Å². The Morgan fingerprint density at radius 1 is 1.23 bits per heavy atom. The van der Waals surface area contributed by atoms with Gasteiger partial charge in [0.15, 0.2) is 0 Å². The monoisotopic (exact) mass is 520 g/mol. The highest BCUT2D eigenvalue weighted by Gasteiger charge is 2.27. The molecule has 3 heterocycles. The van der Waals surface area contributed by atoms with Crippen molar-refractivity contribution in [1.82, 2.24) is 24.6 Å². The van der Waals surface area contributed by atoms with Gasteiger partial charge < -0.3 is 15.0 Å². The summed E-state index contributed by atoms with van der Waals surface area (Å²) in [5, 5.41) is 8.76. The minimum atomic E-state index is -0.473. The van der Waals surface area contributed by atoms with Crippen LogP contribution < -0.4 is 5.32 Å². The molecule has 9 heteroatoms. The van der Waals surface area contributed by atoms with Crippen LogP contribution in [0.15, 0.2) is 36.8 Å². The molecule has 1 aliphatic rings. The topological polar surface area (TPSA) is 85.2 Å². The second-order valence-corrected chi connectivity index (χ2v) is 9.57. The number of para-hydroxylation sites is 1. The first-order chi connectivity index (χ1) is 14.3. The van der Waals surface area contributed by atoms with E-state index in [2.05, 4.69) is 43.0 Å². The number of amides is 1. The minimum Gasteiger partial charge on any atom is -0.444 e. The van der Waals surface area contributed by atoms with Crippen molar-refractivity contribution in [3.8, 4) is 0 Å². The SMILES string of the molecule is CC(C)(C)OC(=O)N1CCC(n2cc(Nc3ncc4cccc(I)c4n3)cn2)CC1. The molecule has 8 nitrogen and oxygen atoms in total. The number of hydrogen-bond donors (Lipinski definition) is 1. The third-order valence-electron chi connectivity index (χ3n) is 4.91. The van der Waals surface area contributed by atoms with Gasteiger partial charge in [-0.2, -0.15) is 5.10 Å². The fraction of sp³-hybridized carbons (Fsp3) is 0.429. The summed E-state index contributed by atoms with van der Waals surface area (Å²) < 4.78 is 8.51. The Labute approximate surface area is 189 Å². The number of rotatable bonds is 3. The van der Waals surface area contributed by atoms with E-state index in [9.17, 15) is 4.79 Å². The number of fused-ring (bicyclic) bond motifs is 1. The highest BCUT2D eigenvalue weighted by atomic mass is 127. The van der Waals surface area contributed by atoms with Gasteiger partial charge in [0.25, 0.3) is 0 Å². The molecule has 4 rings (SSSR count). The largest absolute Gasteiger partial charge is 0.444 e. The van der Waals surface area contributed by atoms with Gasteiger partial charge in [-0.3, -0.25) is 4.68 Å². The lowest BCUT2D eigenvalue weighted by Crippen LogP contribution is -2.42. The van der Waals surface area contributed by atoms with Gasteiger partial charge >= 0.3 is 6.09 Å². The first kappa shape index (κ1) is 20.8. The number of carbonyl (C=O) groups excluding carboxylic acids is 1. The number of ether oxygens (including phenoxy) is 1. The molecule has 1 amide bonds. The number of nitrogens with one attached hydrogen (secondary N) is 1. The van der Waals surface area contributed by atoms with Crippen LogP contribution in [0.3, 0.4) is 0 Å². The van der Waals surface area contributed by atoms with Gasteiger partial charge in [0, 0.05) is 34.4 Å². The second-order valence-electron chi connectivity index (χ2n) is 8.40. The lowest BCUT2D eigenvalue weighted by molar-refractivity contribution is 0.0185. The Morgan fingerprint density at radius 3 is 2.73 bits per heavy atom. The van der Waals surface area contributed by atoms with E-state index in [1.807, 2.05) is 56.0 Å². The van der Waals surface area contributed by atoms with Crippen molar-refractivity contribution >= 4 is 51.2 Å². The van der Waals surface area contributed by atoms with Crippen molar-refractivity contribution in [2.24, 2.45) is 0 Å². The van der Waals surface area contributed by atoms with Gasteiger partial charge in [0.05, 0.1) is 23.4 Å². The summed E-state index contributed by atoms with van der Waals surface area (Å²) in [4.78, 5) is 23.0. The Hall–Kier alpha value is -2.43. The smallest absolute Gasteiger partial charge is 0.410 e. The van der Waals surface area contributed by atoms with Gasteiger partial charge in [-0.25, -0.2) is 14.8 Å². The van der Waals surface area contributed by atoms with Gasteiger partial charge in [-0.05, 0) is 62.3 Å². The minimum absolute atomic E-state index is 0.244. The molecule has 1 aromatic carbocycles. The maximum atomic E-state index is 12.2. The van der Waals surface area contributed by atoms with Crippen LogP contribution in [-0.4, -0.2) is 49.4 Å². The number of likely N-dealkylation sites (tertiary alicyclic amines) is 1. The van der Waals surface area contributed by atoms with Crippen LogP contribution in [0.2, 0.25) is 0 Å². The van der Waals surface area contributed by atoms with E-state index in [-0.39, 0.29) is 12.1 Å². The van der Waals surface area contributed by atoms with Crippen molar-refractivity contribution in [3.63, 3.8) is 0 Å². The molecular weight excluding hydrogens is 495 g/mol. The first-order valence-corrected chi connectivity index (χ1v) is 11.1. The molecule has 0 bridgehead atoms. The number of hydrogen-bond acceptors (Lipinski definition) is 6. The van der Waals surface area contributed by atoms with Crippen LogP contribution in [0, 0.1) is 3.57 Å². The number of benzene rings is 1. The third kappa shape index (κ3) is 4.82. The average Bonchev–Trinajstić information content (AvgIpc) is 3.16. The number of piperidine rings is 1. The van der Waals surface area contributed by atoms with E-state index in [0.29, 0.717) is 19.0 Å². The van der Waals surface area contributed by atoms with Crippen molar-refractivity contribution < 1.29 is 9.53 Å². The van der Waals surface area contributed by atoms with E-state index >= 15 is 0 Å². The van der Waals surface area contributed by atoms with Crippen LogP contribution >= 0.6 is 22.6 Å². The summed E-state index contributed by atoms with van der Waals surface area (Å²) in [5.74, 6) is 0.547. The fourth-order valence-electron chi connectivity index (χ4n) is 3.45. The molecule has 2 aromatic heterocycles. The van der Waals surface area contributed by atoms with Crippen molar-refractivity contribution in [2.75, 3.05) is 18.4 Å². The zero-order valence-electron chi connectivity index (χ0n) is 17.3. The van der Waals surface area contributed by atoms with E-state index in [4.69, 9.17) is 4.74 Å². The lowest BCUT2D eigenvalue weighted by atomic mass is 10.1. The molecule has 0 atom stereocenters. The molecule has 1 N–H and O–H groups in total. The van der Waals surface area contributed by atoms with E-state index in [0.717, 1.165) is 33.0 Å². The Bertz CT molecular complexity index is 1050. The Balaban J connectivity index is 1.38. The highest BCUT2D eigenvalue weighted by Crippen LogP contribution is 2.25. The molecule has 0 aliphatic carbocycles. The molecule has 1 aliphatic heterocycles. The van der Waals surface area contributed by atoms with Crippen molar-refractivity contribution in [2.45, 2.75) is 45.3 Å². The van der Waals surface area contributed by atoms with Crippen LogP contribution in [0.1, 0.15) is 39.7 Å². The summed E-state index contributed by atoms with van der Waals surface area (Å²) in [5.41, 5.74) is 1.30. The van der Waals surface area contributed by atoms with Crippen molar-refractivity contribution in [3.05, 3.63) is 40.4 Å². The number of halogens is 1. The van der Waals surface area contributed by atoms with E-state index < -0.39 is 5.60 Å². The number of carbonyl (C=O) groups is 1.